The third kappa shape index (κ3) is 3.37. The number of nitrogens with zero attached hydrogens (tertiary/aromatic N) is 3. The highest BCUT2D eigenvalue weighted by Crippen LogP contribution is 2.33. The van der Waals surface area contributed by atoms with E-state index in [4.69, 9.17) is 0 Å². The molecule has 1 aliphatic heterocycles. The van der Waals surface area contributed by atoms with Crippen molar-refractivity contribution in [1.29, 1.82) is 0 Å². The molecule has 1 aliphatic carbocycles. The minimum Gasteiger partial charge on any atom is -0.365 e. The van der Waals surface area contributed by atoms with Gasteiger partial charge in [0, 0.05) is 51.2 Å². The predicted octanol–water partition coefficient (Wildman–Crippen LogP) is 0.285. The Labute approximate surface area is 119 Å². The van der Waals surface area contributed by atoms with Crippen LogP contribution in [-0.4, -0.2) is 53.7 Å². The molecule has 0 amide bonds. The molecule has 0 radical (unpaired) electrons. The lowest BCUT2D eigenvalue weighted by Gasteiger charge is -2.27. The lowest BCUT2D eigenvalue weighted by atomic mass is 10.3. The predicted molar refractivity (Wildman–Crippen MR) is 79.2 cm³/mol. The maximum Gasteiger partial charge on any atom is 0.293 e. The molecule has 20 heavy (non-hydrogen) atoms. The van der Waals surface area contributed by atoms with Gasteiger partial charge in [0.25, 0.3) is 5.56 Å². The van der Waals surface area contributed by atoms with Gasteiger partial charge in [0.1, 0.15) is 0 Å². The standard InChI is InChI=1S/C14H23N5O/c20-14-13(17-7-11-19(14)12-2-3-12)16-4-1-8-18-9-5-15-6-10-18/h7,11-12,15H,1-6,8-10H2,(H,16,17). The zero-order chi connectivity index (χ0) is 13.8. The van der Waals surface area contributed by atoms with E-state index in [1.54, 1.807) is 12.4 Å². The van der Waals surface area contributed by atoms with Crippen LogP contribution in [0.1, 0.15) is 25.3 Å². The van der Waals surface area contributed by atoms with Crippen LogP contribution in [0.25, 0.3) is 0 Å². The summed E-state index contributed by atoms with van der Waals surface area (Å²) in [5, 5.41) is 6.54. The number of aromatic nitrogens is 2. The number of hydrogen-bond acceptors (Lipinski definition) is 5. The highest BCUT2D eigenvalue weighted by molar-refractivity contribution is 5.31. The van der Waals surface area contributed by atoms with Gasteiger partial charge in [0.2, 0.25) is 0 Å². The fraction of sp³-hybridized carbons (Fsp3) is 0.714. The van der Waals surface area contributed by atoms with E-state index in [2.05, 4.69) is 20.5 Å². The topological polar surface area (TPSA) is 62.2 Å². The number of anilines is 1. The van der Waals surface area contributed by atoms with E-state index < -0.39 is 0 Å². The number of nitrogens with one attached hydrogen (secondary N) is 2. The van der Waals surface area contributed by atoms with Crippen LogP contribution in [0.5, 0.6) is 0 Å². The normalized spacial score (nSPS) is 20.0. The third-order valence-corrected chi connectivity index (χ3v) is 3.96. The molecule has 1 aromatic rings. The van der Waals surface area contributed by atoms with Crippen molar-refractivity contribution in [3.63, 3.8) is 0 Å². The lowest BCUT2D eigenvalue weighted by Crippen LogP contribution is -2.44. The monoisotopic (exact) mass is 277 g/mol. The van der Waals surface area contributed by atoms with Crippen molar-refractivity contribution >= 4 is 5.82 Å². The van der Waals surface area contributed by atoms with E-state index in [1.165, 1.54) is 0 Å². The van der Waals surface area contributed by atoms with Gasteiger partial charge in [-0.25, -0.2) is 4.98 Å². The number of piperazine rings is 1. The van der Waals surface area contributed by atoms with Crippen LogP contribution in [0.2, 0.25) is 0 Å². The molecule has 2 fully saturated rings. The van der Waals surface area contributed by atoms with Crippen LogP contribution in [0.4, 0.5) is 5.82 Å². The fourth-order valence-corrected chi connectivity index (χ4v) is 2.63. The Hall–Kier alpha value is -1.40. The van der Waals surface area contributed by atoms with Gasteiger partial charge in [-0.15, -0.1) is 0 Å². The minimum atomic E-state index is 0.0252. The summed E-state index contributed by atoms with van der Waals surface area (Å²) in [6.45, 7) is 6.30. The van der Waals surface area contributed by atoms with Gasteiger partial charge in [-0.05, 0) is 25.8 Å². The Morgan fingerprint density at radius 2 is 2.15 bits per heavy atom. The SMILES string of the molecule is O=c1c(NCCCN2CCNCC2)nccn1C1CC1. The second-order valence-electron chi connectivity index (χ2n) is 5.59. The van der Waals surface area contributed by atoms with E-state index in [-0.39, 0.29) is 5.56 Å². The molecule has 0 spiro atoms. The van der Waals surface area contributed by atoms with Gasteiger partial charge in [0.15, 0.2) is 5.82 Å². The van der Waals surface area contributed by atoms with Crippen LogP contribution in [-0.2, 0) is 0 Å². The van der Waals surface area contributed by atoms with Crippen molar-refractivity contribution in [1.82, 2.24) is 19.8 Å². The van der Waals surface area contributed by atoms with E-state index in [9.17, 15) is 4.79 Å². The van der Waals surface area contributed by atoms with Crippen molar-refractivity contribution in [3.05, 3.63) is 22.7 Å². The smallest absolute Gasteiger partial charge is 0.293 e. The minimum absolute atomic E-state index is 0.0252. The number of hydrogen-bond donors (Lipinski definition) is 2. The van der Waals surface area contributed by atoms with Gasteiger partial charge >= 0.3 is 0 Å². The average molecular weight is 277 g/mol. The van der Waals surface area contributed by atoms with Crippen molar-refractivity contribution < 1.29 is 0 Å². The van der Waals surface area contributed by atoms with Gasteiger partial charge in [0.05, 0.1) is 0 Å². The molecule has 0 aromatic carbocycles. The first-order chi connectivity index (χ1) is 9.84. The molecule has 2 heterocycles. The van der Waals surface area contributed by atoms with Gasteiger partial charge in [-0.2, -0.15) is 0 Å². The van der Waals surface area contributed by atoms with Crippen LogP contribution in [0.15, 0.2) is 17.2 Å². The van der Waals surface area contributed by atoms with E-state index in [1.807, 2.05) is 4.57 Å². The van der Waals surface area contributed by atoms with Crippen molar-refractivity contribution in [2.75, 3.05) is 44.6 Å². The van der Waals surface area contributed by atoms with Gasteiger partial charge in [-0.3, -0.25) is 4.79 Å². The fourth-order valence-electron chi connectivity index (χ4n) is 2.63. The lowest BCUT2D eigenvalue weighted by molar-refractivity contribution is 0.240. The highest BCUT2D eigenvalue weighted by atomic mass is 16.1. The molecule has 6 nitrogen and oxygen atoms in total. The van der Waals surface area contributed by atoms with E-state index in [0.717, 1.165) is 58.5 Å². The van der Waals surface area contributed by atoms with Crippen LogP contribution in [0, 0.1) is 0 Å². The van der Waals surface area contributed by atoms with Crippen LogP contribution in [0.3, 0.4) is 0 Å². The quantitative estimate of drug-likeness (QED) is 0.732. The Morgan fingerprint density at radius 3 is 2.90 bits per heavy atom. The Morgan fingerprint density at radius 1 is 1.35 bits per heavy atom. The molecular formula is C14H23N5O. The largest absolute Gasteiger partial charge is 0.365 e. The highest BCUT2D eigenvalue weighted by Gasteiger charge is 2.25. The second kappa shape index (κ2) is 6.37. The molecule has 0 bridgehead atoms. The molecular weight excluding hydrogens is 254 g/mol. The van der Waals surface area contributed by atoms with Gasteiger partial charge in [-0.1, -0.05) is 0 Å². The summed E-state index contributed by atoms with van der Waals surface area (Å²) < 4.78 is 1.81. The average Bonchev–Trinajstić information content (AvgIpc) is 3.31. The second-order valence-corrected chi connectivity index (χ2v) is 5.59. The van der Waals surface area contributed by atoms with E-state index in [0.29, 0.717) is 11.9 Å². The number of rotatable bonds is 6. The summed E-state index contributed by atoms with van der Waals surface area (Å²) >= 11 is 0. The van der Waals surface area contributed by atoms with Crippen LogP contribution >= 0.6 is 0 Å². The maximum atomic E-state index is 12.2. The summed E-state index contributed by atoms with van der Waals surface area (Å²) in [6.07, 6.45) is 6.79. The van der Waals surface area contributed by atoms with E-state index >= 15 is 0 Å². The first-order valence-corrected chi connectivity index (χ1v) is 7.59. The maximum absolute atomic E-state index is 12.2. The molecule has 1 saturated carbocycles. The third-order valence-electron chi connectivity index (χ3n) is 3.96. The summed E-state index contributed by atoms with van der Waals surface area (Å²) in [7, 11) is 0. The first kappa shape index (κ1) is 13.6. The molecule has 2 aliphatic rings. The van der Waals surface area contributed by atoms with Crippen molar-refractivity contribution in [2.24, 2.45) is 0 Å². The molecule has 6 heteroatoms. The summed E-state index contributed by atoms with van der Waals surface area (Å²) in [5.41, 5.74) is 0.0252. The molecule has 1 saturated heterocycles. The molecule has 3 rings (SSSR count). The molecule has 110 valence electrons. The summed E-state index contributed by atoms with van der Waals surface area (Å²) in [6, 6.07) is 0.409. The van der Waals surface area contributed by atoms with Crippen LogP contribution < -0.4 is 16.2 Å². The Balaban J connectivity index is 1.46. The first-order valence-electron chi connectivity index (χ1n) is 7.59. The molecule has 0 atom stereocenters. The Bertz CT molecular complexity index is 491. The van der Waals surface area contributed by atoms with Crippen molar-refractivity contribution in [3.8, 4) is 0 Å². The zero-order valence-corrected chi connectivity index (χ0v) is 11.8. The molecule has 0 unspecified atom stereocenters. The molecule has 1 aromatic heterocycles. The molecule has 2 N–H and O–H groups in total. The van der Waals surface area contributed by atoms with Gasteiger partial charge < -0.3 is 20.1 Å². The van der Waals surface area contributed by atoms with Crippen molar-refractivity contribution in [2.45, 2.75) is 25.3 Å². The zero-order valence-electron chi connectivity index (χ0n) is 11.8. The summed E-state index contributed by atoms with van der Waals surface area (Å²) in [5.74, 6) is 0.500. The Kier molecular flexibility index (Phi) is 4.32. The summed E-state index contributed by atoms with van der Waals surface area (Å²) in [4.78, 5) is 18.8.